The SMILES string of the molecule is Cc1ccnc2c1c(C1CCCCN1N)cn2C. The van der Waals surface area contributed by atoms with Crippen LogP contribution < -0.4 is 5.84 Å². The first-order valence-electron chi connectivity index (χ1n) is 6.60. The van der Waals surface area contributed by atoms with E-state index in [1.165, 1.54) is 29.4 Å². The number of hydrogen-bond acceptors (Lipinski definition) is 3. The Morgan fingerprint density at radius 3 is 3.00 bits per heavy atom. The van der Waals surface area contributed by atoms with Gasteiger partial charge in [-0.1, -0.05) is 6.42 Å². The van der Waals surface area contributed by atoms with E-state index in [0.717, 1.165) is 18.6 Å². The zero-order valence-corrected chi connectivity index (χ0v) is 11.1. The summed E-state index contributed by atoms with van der Waals surface area (Å²) >= 11 is 0. The highest BCUT2D eigenvalue weighted by atomic mass is 15.4. The standard InChI is InChI=1S/C14H20N4/c1-10-6-7-16-14-13(10)11(9-17(14)2)12-5-3-4-8-18(12)15/h6-7,9,12H,3-5,8,15H2,1-2H3. The lowest BCUT2D eigenvalue weighted by atomic mass is 9.95. The minimum Gasteiger partial charge on any atom is -0.335 e. The van der Waals surface area contributed by atoms with Crippen LogP contribution in [0.2, 0.25) is 0 Å². The van der Waals surface area contributed by atoms with Gasteiger partial charge in [-0.15, -0.1) is 0 Å². The second-order valence-electron chi connectivity index (χ2n) is 5.27. The van der Waals surface area contributed by atoms with Gasteiger partial charge in [0.1, 0.15) is 5.65 Å². The third-order valence-corrected chi connectivity index (χ3v) is 4.00. The quantitative estimate of drug-likeness (QED) is 0.783. The molecule has 1 saturated heterocycles. The monoisotopic (exact) mass is 244 g/mol. The molecule has 18 heavy (non-hydrogen) atoms. The van der Waals surface area contributed by atoms with Crippen LogP contribution in [0.5, 0.6) is 0 Å². The molecule has 2 aromatic rings. The molecule has 4 heteroatoms. The van der Waals surface area contributed by atoms with Gasteiger partial charge in [-0.3, -0.25) is 5.84 Å². The van der Waals surface area contributed by atoms with E-state index in [4.69, 9.17) is 5.84 Å². The van der Waals surface area contributed by atoms with E-state index >= 15 is 0 Å². The molecule has 3 heterocycles. The first-order chi connectivity index (χ1) is 8.68. The lowest BCUT2D eigenvalue weighted by Gasteiger charge is -2.31. The van der Waals surface area contributed by atoms with Crippen LogP contribution in [0, 0.1) is 6.92 Å². The lowest BCUT2D eigenvalue weighted by molar-refractivity contribution is 0.152. The van der Waals surface area contributed by atoms with Crippen LogP contribution in [-0.4, -0.2) is 21.1 Å². The number of fused-ring (bicyclic) bond motifs is 1. The van der Waals surface area contributed by atoms with Crippen molar-refractivity contribution in [2.75, 3.05) is 6.54 Å². The van der Waals surface area contributed by atoms with Crippen LogP contribution in [-0.2, 0) is 7.05 Å². The van der Waals surface area contributed by atoms with Gasteiger partial charge in [0.2, 0.25) is 0 Å². The number of nitrogens with two attached hydrogens (primary N) is 1. The first-order valence-corrected chi connectivity index (χ1v) is 6.60. The molecule has 2 N–H and O–H groups in total. The summed E-state index contributed by atoms with van der Waals surface area (Å²) in [4.78, 5) is 4.49. The second kappa shape index (κ2) is 4.37. The number of aryl methyl sites for hydroxylation is 2. The molecule has 3 rings (SSSR count). The zero-order chi connectivity index (χ0) is 12.7. The predicted octanol–water partition coefficient (Wildman–Crippen LogP) is 2.28. The van der Waals surface area contributed by atoms with Gasteiger partial charge in [0.15, 0.2) is 0 Å². The number of pyridine rings is 1. The summed E-state index contributed by atoms with van der Waals surface area (Å²) in [6.45, 7) is 3.14. The molecular weight excluding hydrogens is 224 g/mol. The molecule has 4 nitrogen and oxygen atoms in total. The topological polar surface area (TPSA) is 47.1 Å². The molecule has 1 unspecified atom stereocenters. The van der Waals surface area contributed by atoms with Crippen molar-refractivity contribution in [3.05, 3.63) is 29.6 Å². The maximum atomic E-state index is 6.17. The van der Waals surface area contributed by atoms with E-state index in [1.54, 1.807) is 0 Å². The van der Waals surface area contributed by atoms with Crippen LogP contribution >= 0.6 is 0 Å². The van der Waals surface area contributed by atoms with Gasteiger partial charge in [0, 0.05) is 31.4 Å². The Kier molecular flexibility index (Phi) is 2.84. The highest BCUT2D eigenvalue weighted by Crippen LogP contribution is 2.34. The average molecular weight is 244 g/mol. The van der Waals surface area contributed by atoms with E-state index in [1.807, 2.05) is 11.2 Å². The fraction of sp³-hybridized carbons (Fsp3) is 0.500. The lowest BCUT2D eigenvalue weighted by Crippen LogP contribution is -2.38. The van der Waals surface area contributed by atoms with Gasteiger partial charge in [-0.25, -0.2) is 9.99 Å². The van der Waals surface area contributed by atoms with E-state index in [9.17, 15) is 0 Å². The Labute approximate surface area is 107 Å². The Morgan fingerprint density at radius 2 is 2.22 bits per heavy atom. The molecule has 1 aliphatic rings. The highest BCUT2D eigenvalue weighted by Gasteiger charge is 2.25. The second-order valence-corrected chi connectivity index (χ2v) is 5.27. The van der Waals surface area contributed by atoms with Crippen LogP contribution in [0.4, 0.5) is 0 Å². The van der Waals surface area contributed by atoms with Gasteiger partial charge in [0.05, 0.1) is 6.04 Å². The molecule has 0 aliphatic carbocycles. The van der Waals surface area contributed by atoms with Gasteiger partial charge in [-0.2, -0.15) is 0 Å². The predicted molar refractivity (Wildman–Crippen MR) is 72.9 cm³/mol. The molecule has 0 amide bonds. The summed E-state index contributed by atoms with van der Waals surface area (Å²) in [5.74, 6) is 6.17. The molecule has 96 valence electrons. The molecule has 1 aliphatic heterocycles. The molecule has 0 radical (unpaired) electrons. The third-order valence-electron chi connectivity index (χ3n) is 4.00. The fourth-order valence-electron chi connectivity index (χ4n) is 3.04. The van der Waals surface area contributed by atoms with Crippen LogP contribution in [0.25, 0.3) is 11.0 Å². The normalized spacial score (nSPS) is 21.6. The molecule has 2 aromatic heterocycles. The molecule has 1 atom stereocenters. The van der Waals surface area contributed by atoms with Gasteiger partial charge < -0.3 is 4.57 Å². The summed E-state index contributed by atoms with van der Waals surface area (Å²) in [5.41, 5.74) is 3.68. The third kappa shape index (κ3) is 1.72. The van der Waals surface area contributed by atoms with Crippen molar-refractivity contribution in [2.24, 2.45) is 12.9 Å². The van der Waals surface area contributed by atoms with Crippen molar-refractivity contribution in [1.29, 1.82) is 0 Å². The summed E-state index contributed by atoms with van der Waals surface area (Å²) in [7, 11) is 2.06. The van der Waals surface area contributed by atoms with E-state index < -0.39 is 0 Å². The summed E-state index contributed by atoms with van der Waals surface area (Å²) in [5, 5.41) is 3.27. The number of hydrazine groups is 1. The van der Waals surface area contributed by atoms with Crippen molar-refractivity contribution >= 4 is 11.0 Å². The molecule has 1 fully saturated rings. The Morgan fingerprint density at radius 1 is 1.39 bits per heavy atom. The zero-order valence-electron chi connectivity index (χ0n) is 11.1. The molecule has 0 aromatic carbocycles. The number of piperidine rings is 1. The molecule has 0 spiro atoms. The Hall–Kier alpha value is -1.39. The molecule has 0 saturated carbocycles. The maximum Gasteiger partial charge on any atom is 0.140 e. The van der Waals surface area contributed by atoms with Crippen molar-refractivity contribution in [3.63, 3.8) is 0 Å². The number of hydrogen-bond donors (Lipinski definition) is 1. The van der Waals surface area contributed by atoms with Crippen LogP contribution in [0.3, 0.4) is 0 Å². The molecular formula is C14H20N4. The van der Waals surface area contributed by atoms with Gasteiger partial charge in [-0.05, 0) is 37.0 Å². The van der Waals surface area contributed by atoms with E-state index in [2.05, 4.69) is 35.8 Å². The van der Waals surface area contributed by atoms with E-state index in [0.29, 0.717) is 6.04 Å². The number of nitrogens with zero attached hydrogens (tertiary/aromatic N) is 3. The Balaban J connectivity index is 2.16. The van der Waals surface area contributed by atoms with Crippen molar-refractivity contribution in [1.82, 2.24) is 14.6 Å². The van der Waals surface area contributed by atoms with Crippen molar-refractivity contribution < 1.29 is 0 Å². The summed E-state index contributed by atoms with van der Waals surface area (Å²) < 4.78 is 2.11. The van der Waals surface area contributed by atoms with Crippen LogP contribution in [0.15, 0.2) is 18.5 Å². The smallest absolute Gasteiger partial charge is 0.140 e. The van der Waals surface area contributed by atoms with Crippen molar-refractivity contribution in [2.45, 2.75) is 32.2 Å². The largest absolute Gasteiger partial charge is 0.335 e. The maximum absolute atomic E-state index is 6.17. The highest BCUT2D eigenvalue weighted by molar-refractivity contribution is 5.84. The molecule has 0 bridgehead atoms. The van der Waals surface area contributed by atoms with Gasteiger partial charge in [0.25, 0.3) is 0 Å². The average Bonchev–Trinajstić information content (AvgIpc) is 2.69. The first kappa shape index (κ1) is 11.7. The Bertz CT molecular complexity index is 572. The fourth-order valence-corrected chi connectivity index (χ4v) is 3.04. The summed E-state index contributed by atoms with van der Waals surface area (Å²) in [6.07, 6.45) is 7.68. The van der Waals surface area contributed by atoms with Crippen molar-refractivity contribution in [3.8, 4) is 0 Å². The van der Waals surface area contributed by atoms with Crippen LogP contribution in [0.1, 0.15) is 36.4 Å². The minimum absolute atomic E-state index is 0.338. The number of aromatic nitrogens is 2. The number of rotatable bonds is 1. The minimum atomic E-state index is 0.338. The van der Waals surface area contributed by atoms with Gasteiger partial charge >= 0.3 is 0 Å². The van der Waals surface area contributed by atoms with E-state index in [-0.39, 0.29) is 0 Å². The summed E-state index contributed by atoms with van der Waals surface area (Å²) in [6, 6.07) is 2.42.